The van der Waals surface area contributed by atoms with Crippen LogP contribution in [-0.4, -0.2) is 14.5 Å². The van der Waals surface area contributed by atoms with Crippen LogP contribution in [0.4, 0.5) is 0 Å². The van der Waals surface area contributed by atoms with Crippen molar-refractivity contribution >= 4 is 65.3 Å². The number of fused-ring (bicyclic) bond motifs is 10. The Labute approximate surface area is 298 Å². The molecule has 4 nitrogen and oxygen atoms in total. The molecule has 0 bridgehead atoms. The Bertz CT molecular complexity index is 3120. The molecule has 0 N–H and O–H groups in total. The van der Waals surface area contributed by atoms with Crippen molar-refractivity contribution in [2.75, 3.05) is 0 Å². The minimum Gasteiger partial charge on any atom is -0.456 e. The van der Waals surface area contributed by atoms with E-state index in [4.69, 9.17) is 14.4 Å². The van der Waals surface area contributed by atoms with Crippen molar-refractivity contribution in [2.45, 2.75) is 0 Å². The van der Waals surface area contributed by atoms with Gasteiger partial charge in [0.1, 0.15) is 11.2 Å². The van der Waals surface area contributed by atoms with Crippen molar-refractivity contribution in [3.8, 4) is 39.6 Å². The predicted molar refractivity (Wildman–Crippen MR) is 215 cm³/mol. The lowest BCUT2D eigenvalue weighted by molar-refractivity contribution is 0.669. The Morgan fingerprint density at radius 1 is 0.385 bits per heavy atom. The molecule has 3 heterocycles. The summed E-state index contributed by atoms with van der Waals surface area (Å²) in [4.78, 5) is 10.7. The Balaban J connectivity index is 1.25. The molecule has 242 valence electrons. The van der Waals surface area contributed by atoms with Crippen LogP contribution in [0.5, 0.6) is 0 Å². The van der Waals surface area contributed by atoms with E-state index in [1.165, 1.54) is 16.2 Å². The van der Waals surface area contributed by atoms with E-state index in [1.807, 2.05) is 12.1 Å². The van der Waals surface area contributed by atoms with Gasteiger partial charge in [0.05, 0.1) is 22.4 Å². The molecule has 0 unspecified atom stereocenters. The van der Waals surface area contributed by atoms with E-state index >= 15 is 0 Å². The van der Waals surface area contributed by atoms with Gasteiger partial charge in [-0.25, -0.2) is 9.97 Å². The number of nitrogens with zero attached hydrogens (tertiary/aromatic N) is 3. The fourth-order valence-electron chi connectivity index (χ4n) is 8.02. The van der Waals surface area contributed by atoms with E-state index in [0.29, 0.717) is 5.95 Å². The second-order valence-electron chi connectivity index (χ2n) is 13.4. The zero-order valence-electron chi connectivity index (χ0n) is 28.0. The van der Waals surface area contributed by atoms with E-state index in [2.05, 4.69) is 168 Å². The van der Waals surface area contributed by atoms with Gasteiger partial charge in [-0.15, -0.1) is 0 Å². The molecule has 0 amide bonds. The zero-order valence-corrected chi connectivity index (χ0v) is 28.0. The molecular weight excluding hydrogens is 635 g/mol. The summed E-state index contributed by atoms with van der Waals surface area (Å²) in [7, 11) is 0. The molecule has 52 heavy (non-hydrogen) atoms. The molecule has 0 aliphatic heterocycles. The average molecular weight is 664 g/mol. The highest BCUT2D eigenvalue weighted by atomic mass is 16.3. The Morgan fingerprint density at radius 2 is 0.981 bits per heavy atom. The Morgan fingerprint density at radius 3 is 1.73 bits per heavy atom. The third-order valence-corrected chi connectivity index (χ3v) is 10.4. The summed E-state index contributed by atoms with van der Waals surface area (Å²) in [6.07, 6.45) is 0. The first-order valence-corrected chi connectivity index (χ1v) is 17.6. The highest BCUT2D eigenvalue weighted by Gasteiger charge is 2.22. The van der Waals surface area contributed by atoms with Crippen molar-refractivity contribution in [2.24, 2.45) is 0 Å². The summed E-state index contributed by atoms with van der Waals surface area (Å²) in [5.41, 5.74) is 9.86. The standard InChI is InChI=1S/C48H29N3O/c1-3-14-32(15-4-1)41-29-42(33-16-5-2-6-17-33)50-48(49-41)51-46-36-19-10-8-13-31(36)22-25-39(46)38-21-11-20-37(47(38)51)34-23-26-40-44(28-34)52-43-27-24-30-12-7-9-18-35(30)45(40)43/h1-29H. The molecule has 0 saturated carbocycles. The Hall–Kier alpha value is -7.04. The maximum absolute atomic E-state index is 6.56. The lowest BCUT2D eigenvalue weighted by Crippen LogP contribution is -2.05. The highest BCUT2D eigenvalue weighted by Crippen LogP contribution is 2.43. The number of hydrogen-bond acceptors (Lipinski definition) is 3. The number of benzene rings is 8. The van der Waals surface area contributed by atoms with Crippen LogP contribution in [0.3, 0.4) is 0 Å². The van der Waals surface area contributed by atoms with Crippen LogP contribution in [0.15, 0.2) is 180 Å². The first-order chi connectivity index (χ1) is 25.8. The third kappa shape index (κ3) is 4.34. The van der Waals surface area contributed by atoms with Gasteiger partial charge in [0.25, 0.3) is 0 Å². The number of rotatable bonds is 4. The third-order valence-electron chi connectivity index (χ3n) is 10.4. The van der Waals surface area contributed by atoms with Crippen LogP contribution >= 0.6 is 0 Å². The van der Waals surface area contributed by atoms with Gasteiger partial charge in [0.15, 0.2) is 0 Å². The van der Waals surface area contributed by atoms with Gasteiger partial charge in [0.2, 0.25) is 5.95 Å². The lowest BCUT2D eigenvalue weighted by Gasteiger charge is -2.14. The number of aromatic nitrogens is 3. The topological polar surface area (TPSA) is 43.9 Å². The molecule has 8 aromatic carbocycles. The molecule has 0 spiro atoms. The molecule has 0 atom stereocenters. The summed E-state index contributed by atoms with van der Waals surface area (Å²) in [6.45, 7) is 0. The van der Waals surface area contributed by atoms with Gasteiger partial charge in [0, 0.05) is 43.6 Å². The minimum atomic E-state index is 0.625. The van der Waals surface area contributed by atoms with Crippen LogP contribution in [0.2, 0.25) is 0 Å². The monoisotopic (exact) mass is 663 g/mol. The number of para-hydroxylation sites is 1. The molecule has 0 aliphatic rings. The van der Waals surface area contributed by atoms with Crippen molar-refractivity contribution in [3.05, 3.63) is 176 Å². The van der Waals surface area contributed by atoms with Crippen LogP contribution in [0.25, 0.3) is 105 Å². The maximum Gasteiger partial charge on any atom is 0.235 e. The van der Waals surface area contributed by atoms with E-state index < -0.39 is 0 Å². The molecule has 4 heteroatoms. The van der Waals surface area contributed by atoms with Gasteiger partial charge < -0.3 is 4.42 Å². The molecule has 11 aromatic rings. The molecular formula is C48H29N3O. The molecule has 0 fully saturated rings. The van der Waals surface area contributed by atoms with Crippen LogP contribution in [0, 0.1) is 0 Å². The number of furan rings is 1. The first-order valence-electron chi connectivity index (χ1n) is 17.6. The van der Waals surface area contributed by atoms with E-state index in [0.717, 1.165) is 82.8 Å². The Kier molecular flexibility index (Phi) is 6.22. The zero-order chi connectivity index (χ0) is 34.2. The SMILES string of the molecule is c1ccc(-c2cc(-c3ccccc3)nc(-n3c4c(-c5ccc6c(c5)oc5ccc7ccccc7c56)cccc4c4ccc5ccccc5c43)n2)cc1. The normalized spacial score (nSPS) is 11.8. The average Bonchev–Trinajstić information content (AvgIpc) is 3.77. The van der Waals surface area contributed by atoms with E-state index in [-0.39, 0.29) is 0 Å². The van der Waals surface area contributed by atoms with E-state index in [1.54, 1.807) is 0 Å². The smallest absolute Gasteiger partial charge is 0.235 e. The minimum absolute atomic E-state index is 0.625. The summed E-state index contributed by atoms with van der Waals surface area (Å²) in [6, 6.07) is 61.8. The molecule has 11 rings (SSSR count). The van der Waals surface area contributed by atoms with Crippen molar-refractivity contribution in [1.82, 2.24) is 14.5 Å². The first kappa shape index (κ1) is 28.8. The van der Waals surface area contributed by atoms with E-state index in [9.17, 15) is 0 Å². The quantitative estimate of drug-likeness (QED) is 0.188. The molecule has 0 saturated heterocycles. The van der Waals surface area contributed by atoms with Crippen LogP contribution in [0.1, 0.15) is 0 Å². The number of hydrogen-bond donors (Lipinski definition) is 0. The van der Waals surface area contributed by atoms with Gasteiger partial charge in [-0.2, -0.15) is 0 Å². The summed E-state index contributed by atoms with van der Waals surface area (Å²) in [5, 5.41) is 9.28. The maximum atomic E-state index is 6.56. The van der Waals surface area contributed by atoms with Crippen molar-refractivity contribution in [1.29, 1.82) is 0 Å². The second-order valence-corrected chi connectivity index (χ2v) is 13.4. The van der Waals surface area contributed by atoms with Gasteiger partial charge in [-0.05, 0) is 46.0 Å². The molecule has 0 radical (unpaired) electrons. The van der Waals surface area contributed by atoms with Crippen LogP contribution in [-0.2, 0) is 0 Å². The van der Waals surface area contributed by atoms with Gasteiger partial charge in [-0.1, -0.05) is 152 Å². The van der Waals surface area contributed by atoms with Gasteiger partial charge >= 0.3 is 0 Å². The fourth-order valence-corrected chi connectivity index (χ4v) is 8.02. The summed E-state index contributed by atoms with van der Waals surface area (Å²) < 4.78 is 8.85. The van der Waals surface area contributed by atoms with Crippen LogP contribution < -0.4 is 0 Å². The largest absolute Gasteiger partial charge is 0.456 e. The molecule has 3 aromatic heterocycles. The molecule has 0 aliphatic carbocycles. The highest BCUT2D eigenvalue weighted by molar-refractivity contribution is 6.22. The predicted octanol–water partition coefficient (Wildman–Crippen LogP) is 12.8. The lowest BCUT2D eigenvalue weighted by atomic mass is 9.99. The van der Waals surface area contributed by atoms with Crippen molar-refractivity contribution < 1.29 is 4.42 Å². The van der Waals surface area contributed by atoms with Gasteiger partial charge in [-0.3, -0.25) is 4.57 Å². The van der Waals surface area contributed by atoms with Crippen molar-refractivity contribution in [3.63, 3.8) is 0 Å². The fraction of sp³-hybridized carbons (Fsp3) is 0. The summed E-state index contributed by atoms with van der Waals surface area (Å²) >= 11 is 0. The second kappa shape index (κ2) is 11.2. The summed E-state index contributed by atoms with van der Waals surface area (Å²) in [5.74, 6) is 0.625.